The third kappa shape index (κ3) is 12.8. The van der Waals surface area contributed by atoms with Crippen molar-refractivity contribution in [1.82, 2.24) is 9.80 Å². The van der Waals surface area contributed by atoms with Crippen LogP contribution in [-0.4, -0.2) is 171 Å². The molecule has 1 N–H and O–H groups in total. The molecule has 0 spiro atoms. The first kappa shape index (κ1) is 50.2. The number of aliphatic hydroxyl groups excluding tert-OH is 1. The molecular formula is C42H68N2O17. The Morgan fingerprint density at radius 2 is 1.62 bits per heavy atom. The molecular weight excluding hydrogens is 804 g/mol. The van der Waals surface area contributed by atoms with E-state index in [4.69, 9.17) is 47.4 Å². The van der Waals surface area contributed by atoms with Gasteiger partial charge >= 0.3 is 30.0 Å². The predicted octanol–water partition coefficient (Wildman–Crippen LogP) is 2.69. The quantitative estimate of drug-likeness (QED) is 0.160. The van der Waals surface area contributed by atoms with Crippen LogP contribution < -0.4 is 0 Å². The zero-order valence-electron chi connectivity index (χ0n) is 37.5. The van der Waals surface area contributed by atoms with Crippen LogP contribution in [0.3, 0.4) is 0 Å². The number of cyclic esters (lactones) is 1. The molecule has 16 atom stereocenters. The average molecular weight is 873 g/mol. The summed E-state index contributed by atoms with van der Waals surface area (Å²) in [6.07, 6.45) is -11.5. The van der Waals surface area contributed by atoms with Gasteiger partial charge in [0, 0.05) is 52.7 Å². The molecule has 4 saturated heterocycles. The van der Waals surface area contributed by atoms with Crippen molar-refractivity contribution in [1.29, 1.82) is 0 Å². The van der Waals surface area contributed by atoms with Crippen molar-refractivity contribution in [2.24, 2.45) is 11.8 Å². The molecule has 4 rings (SSSR count). The average Bonchev–Trinajstić information content (AvgIpc) is 3.55. The van der Waals surface area contributed by atoms with Crippen LogP contribution in [-0.2, 0) is 71.3 Å². The lowest BCUT2D eigenvalue weighted by Crippen LogP contribution is -2.66. The van der Waals surface area contributed by atoms with Crippen LogP contribution in [0.15, 0.2) is 0 Å². The number of aliphatic hydroxyl groups is 1. The molecule has 19 heteroatoms. The van der Waals surface area contributed by atoms with Crippen molar-refractivity contribution < 1.29 is 81.2 Å². The van der Waals surface area contributed by atoms with Gasteiger partial charge in [0.25, 0.3) is 0 Å². The number of hydrogen-bond donors (Lipinski definition) is 1. The molecule has 4 fully saturated rings. The highest BCUT2D eigenvalue weighted by molar-refractivity contribution is 5.73. The smallest absolute Gasteiger partial charge is 0.410 e. The van der Waals surface area contributed by atoms with E-state index in [0.29, 0.717) is 6.42 Å². The first-order valence-corrected chi connectivity index (χ1v) is 21.4. The molecule has 19 nitrogen and oxygen atoms in total. The number of esters is 4. The molecule has 0 aromatic heterocycles. The highest BCUT2D eigenvalue weighted by atomic mass is 16.7. The lowest BCUT2D eigenvalue weighted by molar-refractivity contribution is -0.344. The number of likely N-dealkylation sites (N-methyl/N-ethyl adjacent to an activating group) is 1. The van der Waals surface area contributed by atoms with Crippen molar-refractivity contribution in [2.75, 3.05) is 34.3 Å². The molecule has 4 aliphatic rings. The standard InChI is InChI=1S/C42H68N2O17/c1-12-30(47)56-28-19-32(49)53-23(4)14-16-44-21-29(57-41(44)51)22(3)18-27(15-17-45)37(38(28)52-11)60-40-35(50)34(43(9)10)36(24(5)55-40)59-33-20-42(8,61-26(7)46)39(25(6)54-33)58-31(48)13-2/h17,22-25,27-29,33-40,50H,12-16,18-21H2,1-11H3/t22-,23-,24-,25+,27+,28-,29+,33+,34-,35-,36-,37+,38+,39+,40+,42-/m1/s1. The number of carbonyl (C=O) groups is 6. The summed E-state index contributed by atoms with van der Waals surface area (Å²) in [5, 5.41) is 12.2. The third-order valence-corrected chi connectivity index (χ3v) is 12.0. The highest BCUT2D eigenvalue weighted by Gasteiger charge is 2.54. The summed E-state index contributed by atoms with van der Waals surface area (Å²) < 4.78 is 60.7. The SMILES string of the molecule is CCC(=O)O[C@@H]1CC(=O)O[C@H](C)CCN2C[C@H](OC2=O)[C@H](C)C[C@H](CC=O)[C@H](O[C@@H]2O[C@H](C)[C@@H](O[C@H]3C[C@@](C)(OC(C)=O)[C@@H](OC(=O)CC)[C@H](C)O3)[C@H](N(C)C)[C@H]2O)[C@H]1OC. The van der Waals surface area contributed by atoms with Gasteiger partial charge in [0.15, 0.2) is 24.3 Å². The number of carbonyl (C=O) groups excluding carboxylic acids is 6. The molecule has 0 aromatic rings. The lowest BCUT2D eigenvalue weighted by atomic mass is 9.82. The van der Waals surface area contributed by atoms with Gasteiger partial charge in [-0.05, 0) is 60.0 Å². The Hall–Kier alpha value is -3.46. The van der Waals surface area contributed by atoms with Crippen molar-refractivity contribution in [3.05, 3.63) is 0 Å². The Morgan fingerprint density at radius 1 is 0.951 bits per heavy atom. The Morgan fingerprint density at radius 3 is 2.23 bits per heavy atom. The van der Waals surface area contributed by atoms with Crippen LogP contribution in [0, 0.1) is 11.8 Å². The molecule has 348 valence electrons. The van der Waals surface area contributed by atoms with E-state index in [2.05, 4.69) is 0 Å². The summed E-state index contributed by atoms with van der Waals surface area (Å²) >= 11 is 0. The Bertz CT molecular complexity index is 1520. The fourth-order valence-corrected chi connectivity index (χ4v) is 8.89. The van der Waals surface area contributed by atoms with E-state index in [-0.39, 0.29) is 51.1 Å². The Labute approximate surface area is 358 Å². The van der Waals surface area contributed by atoms with Crippen molar-refractivity contribution in [3.63, 3.8) is 0 Å². The molecule has 0 aromatic carbocycles. The van der Waals surface area contributed by atoms with Crippen LogP contribution in [0.1, 0.15) is 100 Å². The molecule has 4 heterocycles. The van der Waals surface area contributed by atoms with Gasteiger partial charge in [0.2, 0.25) is 0 Å². The molecule has 0 saturated carbocycles. The van der Waals surface area contributed by atoms with E-state index >= 15 is 0 Å². The number of nitrogens with zero attached hydrogens (tertiary/aromatic N) is 2. The normalized spacial score (nSPS) is 39.0. The molecule has 61 heavy (non-hydrogen) atoms. The lowest BCUT2D eigenvalue weighted by Gasteiger charge is -2.50. The van der Waals surface area contributed by atoms with Crippen LogP contribution in [0.4, 0.5) is 4.79 Å². The van der Waals surface area contributed by atoms with Crippen molar-refractivity contribution in [2.45, 2.75) is 186 Å². The van der Waals surface area contributed by atoms with Crippen molar-refractivity contribution in [3.8, 4) is 0 Å². The third-order valence-electron chi connectivity index (χ3n) is 12.0. The van der Waals surface area contributed by atoms with E-state index in [1.165, 1.54) is 14.0 Å². The summed E-state index contributed by atoms with van der Waals surface area (Å²) in [7, 11) is 4.85. The van der Waals surface area contributed by atoms with Gasteiger partial charge < -0.3 is 67.1 Å². The number of hydrogen-bond acceptors (Lipinski definition) is 18. The maximum absolute atomic E-state index is 13.4. The molecule has 4 aliphatic heterocycles. The second-order valence-corrected chi connectivity index (χ2v) is 17.1. The van der Waals surface area contributed by atoms with Gasteiger partial charge in [0.1, 0.15) is 42.9 Å². The number of aldehydes is 1. The fraction of sp³-hybridized carbons (Fsp3) is 0.857. The number of amides is 1. The predicted molar refractivity (Wildman–Crippen MR) is 212 cm³/mol. The Kier molecular flexibility index (Phi) is 18.3. The first-order chi connectivity index (χ1) is 28.7. The minimum atomic E-state index is -1.43. The molecule has 0 unspecified atom stereocenters. The number of methoxy groups -OCH3 is 1. The minimum absolute atomic E-state index is 0.0104. The Balaban J connectivity index is 1.69. The van der Waals surface area contributed by atoms with Gasteiger partial charge in [-0.15, -0.1) is 0 Å². The number of fused-ring (bicyclic) bond motifs is 2. The van der Waals surface area contributed by atoms with E-state index in [0.717, 1.165) is 6.29 Å². The van der Waals surface area contributed by atoms with Gasteiger partial charge in [-0.3, -0.25) is 19.2 Å². The van der Waals surface area contributed by atoms with Crippen molar-refractivity contribution >= 4 is 36.3 Å². The number of rotatable bonds is 13. The summed E-state index contributed by atoms with van der Waals surface area (Å²) in [5.41, 5.74) is -1.32. The van der Waals surface area contributed by atoms with E-state index in [9.17, 15) is 33.9 Å². The summed E-state index contributed by atoms with van der Waals surface area (Å²) in [6.45, 7) is 13.7. The molecule has 0 radical (unpaired) electrons. The van der Waals surface area contributed by atoms with Gasteiger partial charge in [-0.1, -0.05) is 20.8 Å². The summed E-state index contributed by atoms with van der Waals surface area (Å²) in [6, 6.07) is -0.816. The molecule has 0 aliphatic carbocycles. The maximum Gasteiger partial charge on any atom is 0.410 e. The number of ether oxygens (including phenoxy) is 10. The fourth-order valence-electron chi connectivity index (χ4n) is 8.89. The van der Waals surface area contributed by atoms with Crippen LogP contribution in [0.2, 0.25) is 0 Å². The largest absolute Gasteiger partial charge is 0.462 e. The zero-order chi connectivity index (χ0) is 45.3. The highest BCUT2D eigenvalue weighted by Crippen LogP contribution is 2.39. The van der Waals surface area contributed by atoms with E-state index in [1.807, 2.05) is 6.92 Å². The molecule has 2 bridgehead atoms. The maximum atomic E-state index is 13.4. The van der Waals surface area contributed by atoms with Gasteiger partial charge in [-0.2, -0.15) is 0 Å². The summed E-state index contributed by atoms with van der Waals surface area (Å²) in [4.78, 5) is 79.6. The second-order valence-electron chi connectivity index (χ2n) is 17.1. The minimum Gasteiger partial charge on any atom is -0.462 e. The van der Waals surface area contributed by atoms with E-state index in [1.54, 1.807) is 65.4 Å². The topological polar surface area (TPSA) is 221 Å². The first-order valence-electron chi connectivity index (χ1n) is 21.4. The van der Waals surface area contributed by atoms with Gasteiger partial charge in [-0.25, -0.2) is 4.79 Å². The van der Waals surface area contributed by atoms with Gasteiger partial charge in [0.05, 0.1) is 37.3 Å². The van der Waals surface area contributed by atoms with Crippen LogP contribution in [0.5, 0.6) is 0 Å². The zero-order valence-corrected chi connectivity index (χ0v) is 37.5. The molecule has 1 amide bonds. The summed E-state index contributed by atoms with van der Waals surface area (Å²) in [5.74, 6) is -3.38. The van der Waals surface area contributed by atoms with Crippen LogP contribution in [0.25, 0.3) is 0 Å². The van der Waals surface area contributed by atoms with E-state index < -0.39 is 128 Å². The second kappa shape index (κ2) is 22.2. The van der Waals surface area contributed by atoms with Crippen LogP contribution >= 0.6 is 0 Å². The monoisotopic (exact) mass is 872 g/mol.